The number of nitrogens with zero attached hydrogens (tertiary/aromatic N) is 2. The van der Waals surface area contributed by atoms with Crippen molar-refractivity contribution in [2.75, 3.05) is 46.9 Å². The van der Waals surface area contributed by atoms with E-state index in [1.807, 2.05) is 61.5 Å². The van der Waals surface area contributed by atoms with Crippen LogP contribution < -0.4 is 15.4 Å². The minimum Gasteiger partial charge on any atom is -0.497 e. The molecule has 0 spiro atoms. The molecule has 2 aromatic carbocycles. The maximum Gasteiger partial charge on any atom is 0.309 e. The van der Waals surface area contributed by atoms with Crippen LogP contribution in [0.3, 0.4) is 0 Å². The van der Waals surface area contributed by atoms with Crippen molar-refractivity contribution in [3.63, 3.8) is 0 Å². The number of likely N-dealkylation sites (N-methyl/N-ethyl adjacent to an activating group) is 1. The van der Waals surface area contributed by atoms with E-state index < -0.39 is 11.8 Å². The molecule has 0 unspecified atom stereocenters. The second-order valence-corrected chi connectivity index (χ2v) is 7.94. The zero-order chi connectivity index (χ0) is 22.2. The normalized spacial score (nSPS) is 16.9. The summed E-state index contributed by atoms with van der Waals surface area (Å²) in [5, 5.41) is 5.61. The standard InChI is InChI=1S/C24H32N4O3/c1-18(19-7-5-4-6-8-19)26-24(30)23(29)25-17-22(28-15-13-27(2)14-16-28)20-9-11-21(31-3)12-10-20/h4-12,18,22H,13-17H2,1-3H3,(H,25,29)(H,26,30)/t18-,22+/m1/s1. The largest absolute Gasteiger partial charge is 0.497 e. The lowest BCUT2D eigenvalue weighted by molar-refractivity contribution is -0.139. The first kappa shape index (κ1) is 22.8. The molecule has 3 rings (SSSR count). The smallest absolute Gasteiger partial charge is 0.309 e. The van der Waals surface area contributed by atoms with Crippen LogP contribution in [0.15, 0.2) is 54.6 Å². The van der Waals surface area contributed by atoms with Crippen LogP contribution in [0.1, 0.15) is 30.1 Å². The van der Waals surface area contributed by atoms with Gasteiger partial charge in [-0.1, -0.05) is 42.5 Å². The Hall–Kier alpha value is -2.90. The third-order valence-electron chi connectivity index (χ3n) is 5.79. The molecule has 1 aliphatic rings. The first-order chi connectivity index (χ1) is 15.0. The van der Waals surface area contributed by atoms with E-state index in [1.54, 1.807) is 7.11 Å². The van der Waals surface area contributed by atoms with Crippen LogP contribution in [0.4, 0.5) is 0 Å². The lowest BCUT2D eigenvalue weighted by Crippen LogP contribution is -2.49. The van der Waals surface area contributed by atoms with Gasteiger partial charge in [-0.25, -0.2) is 0 Å². The summed E-state index contributed by atoms with van der Waals surface area (Å²) in [6, 6.07) is 17.2. The molecule has 0 aromatic heterocycles. The highest BCUT2D eigenvalue weighted by atomic mass is 16.5. The summed E-state index contributed by atoms with van der Waals surface area (Å²) in [4.78, 5) is 29.6. The van der Waals surface area contributed by atoms with Gasteiger partial charge in [0.15, 0.2) is 0 Å². The number of piperazine rings is 1. The molecule has 0 bridgehead atoms. The monoisotopic (exact) mass is 424 g/mol. The van der Waals surface area contributed by atoms with E-state index >= 15 is 0 Å². The van der Waals surface area contributed by atoms with Crippen molar-refractivity contribution < 1.29 is 14.3 Å². The number of hydrogen-bond donors (Lipinski definition) is 2. The molecule has 7 heteroatoms. The third kappa shape index (κ3) is 6.29. The molecule has 166 valence electrons. The Kier molecular flexibility index (Phi) is 8.03. The topological polar surface area (TPSA) is 73.9 Å². The first-order valence-electron chi connectivity index (χ1n) is 10.7. The van der Waals surface area contributed by atoms with Crippen LogP contribution in [0.5, 0.6) is 5.75 Å². The molecule has 7 nitrogen and oxygen atoms in total. The summed E-state index contributed by atoms with van der Waals surface area (Å²) >= 11 is 0. The molecule has 2 atom stereocenters. The van der Waals surface area contributed by atoms with E-state index in [0.717, 1.165) is 43.1 Å². The quantitative estimate of drug-likeness (QED) is 0.665. The molecule has 1 aliphatic heterocycles. The zero-order valence-corrected chi connectivity index (χ0v) is 18.5. The van der Waals surface area contributed by atoms with Crippen LogP contribution in [0, 0.1) is 0 Å². The number of carbonyl (C=O) groups is 2. The highest BCUT2D eigenvalue weighted by Crippen LogP contribution is 2.24. The predicted octanol–water partition coefficient (Wildman–Crippen LogP) is 1.98. The fourth-order valence-corrected chi connectivity index (χ4v) is 3.77. The Morgan fingerprint density at radius 1 is 0.935 bits per heavy atom. The van der Waals surface area contributed by atoms with Crippen molar-refractivity contribution in [3.05, 3.63) is 65.7 Å². The van der Waals surface area contributed by atoms with Crippen molar-refractivity contribution in [3.8, 4) is 5.75 Å². The Balaban J connectivity index is 1.63. The van der Waals surface area contributed by atoms with Gasteiger partial charge in [-0.2, -0.15) is 0 Å². The van der Waals surface area contributed by atoms with Gasteiger partial charge in [-0.15, -0.1) is 0 Å². The lowest BCUT2D eigenvalue weighted by Gasteiger charge is -2.38. The molecule has 0 aliphatic carbocycles. The average molecular weight is 425 g/mol. The lowest BCUT2D eigenvalue weighted by atomic mass is 10.0. The van der Waals surface area contributed by atoms with Crippen LogP contribution >= 0.6 is 0 Å². The fraction of sp³-hybridized carbons (Fsp3) is 0.417. The Morgan fingerprint density at radius 2 is 1.58 bits per heavy atom. The molecule has 2 aromatic rings. The van der Waals surface area contributed by atoms with E-state index in [4.69, 9.17) is 4.74 Å². The minimum atomic E-state index is -0.622. The van der Waals surface area contributed by atoms with Crippen molar-refractivity contribution >= 4 is 11.8 Å². The summed E-state index contributed by atoms with van der Waals surface area (Å²) in [5.41, 5.74) is 2.04. The van der Waals surface area contributed by atoms with Gasteiger partial charge >= 0.3 is 11.8 Å². The van der Waals surface area contributed by atoms with Crippen molar-refractivity contribution in [1.29, 1.82) is 0 Å². The molecule has 0 radical (unpaired) electrons. The number of rotatable bonds is 7. The maximum atomic E-state index is 12.5. The van der Waals surface area contributed by atoms with Gasteiger partial charge in [-0.05, 0) is 37.2 Å². The number of nitrogens with one attached hydrogen (secondary N) is 2. The Morgan fingerprint density at radius 3 is 2.19 bits per heavy atom. The van der Waals surface area contributed by atoms with Gasteiger partial charge in [0.05, 0.1) is 19.2 Å². The molecule has 0 saturated carbocycles. The van der Waals surface area contributed by atoms with E-state index in [-0.39, 0.29) is 12.1 Å². The molecule has 1 fully saturated rings. The summed E-state index contributed by atoms with van der Waals surface area (Å²) in [7, 11) is 3.75. The third-order valence-corrected chi connectivity index (χ3v) is 5.79. The number of carbonyl (C=O) groups excluding carboxylic acids is 2. The van der Waals surface area contributed by atoms with Crippen LogP contribution in [0.2, 0.25) is 0 Å². The predicted molar refractivity (Wildman–Crippen MR) is 121 cm³/mol. The van der Waals surface area contributed by atoms with Gasteiger partial charge in [0, 0.05) is 32.7 Å². The maximum absolute atomic E-state index is 12.5. The fourth-order valence-electron chi connectivity index (χ4n) is 3.77. The minimum absolute atomic E-state index is 0.0112. The molecular formula is C24H32N4O3. The molecule has 1 saturated heterocycles. The number of methoxy groups -OCH3 is 1. The summed E-state index contributed by atoms with van der Waals surface area (Å²) in [5.74, 6) is -0.446. The van der Waals surface area contributed by atoms with Gasteiger partial charge in [-0.3, -0.25) is 14.5 Å². The Labute approximate surface area is 184 Å². The SMILES string of the molecule is COc1ccc([C@H](CNC(=O)C(=O)N[C@H](C)c2ccccc2)N2CCN(C)CC2)cc1. The van der Waals surface area contributed by atoms with E-state index in [9.17, 15) is 9.59 Å². The van der Waals surface area contributed by atoms with E-state index in [2.05, 4.69) is 27.5 Å². The molecule has 2 N–H and O–H groups in total. The van der Waals surface area contributed by atoms with E-state index in [1.165, 1.54) is 0 Å². The molecule has 2 amide bonds. The van der Waals surface area contributed by atoms with Gasteiger partial charge in [0.25, 0.3) is 0 Å². The summed E-state index contributed by atoms with van der Waals surface area (Å²) in [6.07, 6.45) is 0. The first-order valence-corrected chi connectivity index (χ1v) is 10.7. The van der Waals surface area contributed by atoms with Crippen molar-refractivity contribution in [2.24, 2.45) is 0 Å². The van der Waals surface area contributed by atoms with Crippen LogP contribution in [-0.4, -0.2) is 68.5 Å². The number of benzene rings is 2. The molecular weight excluding hydrogens is 392 g/mol. The average Bonchev–Trinajstić information content (AvgIpc) is 2.81. The Bertz CT molecular complexity index is 849. The highest BCUT2D eigenvalue weighted by Gasteiger charge is 2.26. The van der Waals surface area contributed by atoms with Crippen LogP contribution in [-0.2, 0) is 9.59 Å². The van der Waals surface area contributed by atoms with Gasteiger partial charge in [0.2, 0.25) is 0 Å². The van der Waals surface area contributed by atoms with Gasteiger partial charge < -0.3 is 20.3 Å². The number of ether oxygens (including phenoxy) is 1. The summed E-state index contributed by atoms with van der Waals surface area (Å²) in [6.45, 7) is 5.97. The number of hydrogen-bond acceptors (Lipinski definition) is 5. The zero-order valence-electron chi connectivity index (χ0n) is 18.5. The van der Waals surface area contributed by atoms with E-state index in [0.29, 0.717) is 6.54 Å². The van der Waals surface area contributed by atoms with Gasteiger partial charge in [0.1, 0.15) is 5.75 Å². The molecule has 1 heterocycles. The van der Waals surface area contributed by atoms with Crippen molar-refractivity contribution in [2.45, 2.75) is 19.0 Å². The molecule has 31 heavy (non-hydrogen) atoms. The second-order valence-electron chi connectivity index (χ2n) is 7.94. The van der Waals surface area contributed by atoms with Crippen LogP contribution in [0.25, 0.3) is 0 Å². The highest BCUT2D eigenvalue weighted by molar-refractivity contribution is 6.35. The summed E-state index contributed by atoms with van der Waals surface area (Å²) < 4.78 is 5.27. The van der Waals surface area contributed by atoms with Crippen molar-refractivity contribution in [1.82, 2.24) is 20.4 Å². The second kappa shape index (κ2) is 10.9. The number of amides is 2.